The highest BCUT2D eigenvalue weighted by molar-refractivity contribution is 4.79. The summed E-state index contributed by atoms with van der Waals surface area (Å²) in [6.07, 6.45) is 2.11. The van der Waals surface area contributed by atoms with E-state index in [9.17, 15) is 0 Å². The maximum absolute atomic E-state index is 8.25. The molecular formula is C8H17N3. The summed E-state index contributed by atoms with van der Waals surface area (Å²) in [6, 6.07) is 0. The van der Waals surface area contributed by atoms with Crippen LogP contribution < -0.4 is 0 Å². The summed E-state index contributed by atoms with van der Waals surface area (Å²) < 4.78 is 0. The standard InChI is InChI=1S/C8H17N3/c1-5-7(2)6-8(3,4)10-11-9/h7H,5-6H2,1-4H3. The fourth-order valence-corrected chi connectivity index (χ4v) is 1.16. The van der Waals surface area contributed by atoms with E-state index >= 15 is 0 Å². The van der Waals surface area contributed by atoms with Crippen molar-refractivity contribution in [3.05, 3.63) is 10.4 Å². The Morgan fingerprint density at radius 1 is 1.55 bits per heavy atom. The second kappa shape index (κ2) is 4.24. The van der Waals surface area contributed by atoms with Crippen LogP contribution in [0.5, 0.6) is 0 Å². The topological polar surface area (TPSA) is 48.8 Å². The molecule has 0 fully saturated rings. The maximum atomic E-state index is 8.25. The molecule has 11 heavy (non-hydrogen) atoms. The largest absolute Gasteiger partial charge is 0.0878 e. The molecule has 0 aliphatic rings. The maximum Gasteiger partial charge on any atom is 0.0434 e. The van der Waals surface area contributed by atoms with Crippen molar-refractivity contribution < 1.29 is 0 Å². The van der Waals surface area contributed by atoms with Crippen molar-refractivity contribution in [3.63, 3.8) is 0 Å². The Labute approximate surface area is 68.4 Å². The van der Waals surface area contributed by atoms with Gasteiger partial charge in [0.15, 0.2) is 0 Å². The molecule has 0 rings (SSSR count). The van der Waals surface area contributed by atoms with Crippen LogP contribution in [0.25, 0.3) is 10.4 Å². The molecule has 0 saturated heterocycles. The van der Waals surface area contributed by atoms with Crippen LogP contribution in [0.3, 0.4) is 0 Å². The van der Waals surface area contributed by atoms with Gasteiger partial charge in [0, 0.05) is 10.5 Å². The Morgan fingerprint density at radius 3 is 2.45 bits per heavy atom. The van der Waals surface area contributed by atoms with Gasteiger partial charge < -0.3 is 0 Å². The highest BCUT2D eigenvalue weighted by Crippen LogP contribution is 2.22. The molecule has 0 aliphatic heterocycles. The number of nitrogens with zero attached hydrogens (tertiary/aromatic N) is 3. The Hall–Kier alpha value is -0.690. The van der Waals surface area contributed by atoms with Crippen molar-refractivity contribution in [2.75, 3.05) is 0 Å². The Morgan fingerprint density at radius 2 is 2.09 bits per heavy atom. The van der Waals surface area contributed by atoms with Crippen LogP contribution in [-0.2, 0) is 0 Å². The molecule has 0 spiro atoms. The van der Waals surface area contributed by atoms with Gasteiger partial charge in [0.2, 0.25) is 0 Å². The molecule has 0 aromatic heterocycles. The highest BCUT2D eigenvalue weighted by atomic mass is 15.2. The van der Waals surface area contributed by atoms with Gasteiger partial charge in [0.05, 0.1) is 0 Å². The van der Waals surface area contributed by atoms with E-state index in [1.54, 1.807) is 0 Å². The van der Waals surface area contributed by atoms with E-state index in [1.165, 1.54) is 0 Å². The van der Waals surface area contributed by atoms with Gasteiger partial charge in [-0.05, 0) is 17.9 Å². The van der Waals surface area contributed by atoms with Crippen LogP contribution >= 0.6 is 0 Å². The smallest absolute Gasteiger partial charge is 0.0434 e. The molecular weight excluding hydrogens is 138 g/mol. The Balaban J connectivity index is 4.00. The van der Waals surface area contributed by atoms with E-state index in [-0.39, 0.29) is 5.54 Å². The van der Waals surface area contributed by atoms with Crippen molar-refractivity contribution in [1.82, 2.24) is 0 Å². The monoisotopic (exact) mass is 155 g/mol. The minimum absolute atomic E-state index is 0.218. The second-order valence-electron chi connectivity index (χ2n) is 3.72. The molecule has 0 bridgehead atoms. The van der Waals surface area contributed by atoms with Gasteiger partial charge in [-0.15, -0.1) is 0 Å². The Bertz CT molecular complexity index is 157. The van der Waals surface area contributed by atoms with Gasteiger partial charge in [0.1, 0.15) is 0 Å². The van der Waals surface area contributed by atoms with Gasteiger partial charge in [-0.3, -0.25) is 0 Å². The zero-order valence-corrected chi connectivity index (χ0v) is 7.83. The average molecular weight is 155 g/mol. The average Bonchev–Trinajstić information content (AvgIpc) is 1.86. The summed E-state index contributed by atoms with van der Waals surface area (Å²) in [5.74, 6) is 0.635. The van der Waals surface area contributed by atoms with E-state index in [0.717, 1.165) is 12.8 Å². The third kappa shape index (κ3) is 4.68. The number of azide groups is 1. The lowest BCUT2D eigenvalue weighted by Crippen LogP contribution is -2.19. The van der Waals surface area contributed by atoms with E-state index in [4.69, 9.17) is 5.53 Å². The summed E-state index contributed by atoms with van der Waals surface area (Å²) in [6.45, 7) is 8.27. The molecule has 64 valence electrons. The first-order valence-corrected chi connectivity index (χ1v) is 4.08. The van der Waals surface area contributed by atoms with Gasteiger partial charge in [-0.25, -0.2) is 0 Å². The lowest BCUT2D eigenvalue weighted by Gasteiger charge is -2.21. The molecule has 0 heterocycles. The SMILES string of the molecule is CCC(C)CC(C)(C)N=[N+]=[N-]. The quantitative estimate of drug-likeness (QED) is 0.339. The van der Waals surface area contributed by atoms with Crippen LogP contribution in [0.15, 0.2) is 5.11 Å². The van der Waals surface area contributed by atoms with E-state index in [2.05, 4.69) is 23.9 Å². The number of hydrogen-bond acceptors (Lipinski definition) is 1. The first kappa shape index (κ1) is 10.3. The molecule has 0 radical (unpaired) electrons. The van der Waals surface area contributed by atoms with Crippen LogP contribution in [0.1, 0.15) is 40.5 Å². The fraction of sp³-hybridized carbons (Fsp3) is 1.00. The molecule has 0 amide bonds. The molecule has 1 unspecified atom stereocenters. The summed E-state index contributed by atoms with van der Waals surface area (Å²) in [7, 11) is 0. The Kier molecular flexibility index (Phi) is 3.98. The number of hydrogen-bond donors (Lipinski definition) is 0. The van der Waals surface area contributed by atoms with Crippen LogP contribution in [-0.4, -0.2) is 5.54 Å². The molecule has 0 N–H and O–H groups in total. The molecule has 3 heteroatoms. The van der Waals surface area contributed by atoms with Crippen LogP contribution in [0.4, 0.5) is 0 Å². The highest BCUT2D eigenvalue weighted by Gasteiger charge is 2.17. The molecule has 3 nitrogen and oxygen atoms in total. The molecule has 0 aliphatic carbocycles. The minimum atomic E-state index is -0.218. The summed E-state index contributed by atoms with van der Waals surface area (Å²) >= 11 is 0. The van der Waals surface area contributed by atoms with Crippen molar-refractivity contribution >= 4 is 0 Å². The minimum Gasteiger partial charge on any atom is -0.0878 e. The summed E-state index contributed by atoms with van der Waals surface area (Å²) in [5.41, 5.74) is 8.03. The lowest BCUT2D eigenvalue weighted by atomic mass is 9.91. The molecule has 1 atom stereocenters. The van der Waals surface area contributed by atoms with Crippen molar-refractivity contribution in [2.45, 2.75) is 46.1 Å². The predicted octanol–water partition coefficient (Wildman–Crippen LogP) is 3.51. The molecule has 0 saturated carbocycles. The van der Waals surface area contributed by atoms with Gasteiger partial charge in [-0.1, -0.05) is 39.2 Å². The predicted molar refractivity (Wildman–Crippen MR) is 47.3 cm³/mol. The summed E-state index contributed by atoms with van der Waals surface area (Å²) in [4.78, 5) is 2.82. The third-order valence-corrected chi connectivity index (χ3v) is 1.86. The number of rotatable bonds is 4. The van der Waals surface area contributed by atoms with Gasteiger partial charge in [-0.2, -0.15) is 0 Å². The van der Waals surface area contributed by atoms with Crippen molar-refractivity contribution in [2.24, 2.45) is 11.0 Å². The van der Waals surface area contributed by atoms with Crippen LogP contribution in [0.2, 0.25) is 0 Å². The fourth-order valence-electron chi connectivity index (χ4n) is 1.16. The normalized spacial score (nSPS) is 13.8. The third-order valence-electron chi connectivity index (χ3n) is 1.86. The van der Waals surface area contributed by atoms with E-state index < -0.39 is 0 Å². The molecule has 0 aromatic carbocycles. The first-order valence-electron chi connectivity index (χ1n) is 4.08. The van der Waals surface area contributed by atoms with Crippen molar-refractivity contribution in [1.29, 1.82) is 0 Å². The zero-order chi connectivity index (χ0) is 8.91. The van der Waals surface area contributed by atoms with E-state index in [1.807, 2.05) is 13.8 Å². The lowest BCUT2D eigenvalue weighted by molar-refractivity contribution is 0.372. The first-order chi connectivity index (χ1) is 5.02. The van der Waals surface area contributed by atoms with Gasteiger partial charge in [0.25, 0.3) is 0 Å². The zero-order valence-electron chi connectivity index (χ0n) is 7.83. The van der Waals surface area contributed by atoms with Crippen molar-refractivity contribution in [3.8, 4) is 0 Å². The second-order valence-corrected chi connectivity index (χ2v) is 3.72. The molecule has 0 aromatic rings. The van der Waals surface area contributed by atoms with E-state index in [0.29, 0.717) is 5.92 Å². The van der Waals surface area contributed by atoms with Gasteiger partial charge >= 0.3 is 0 Å². The van der Waals surface area contributed by atoms with Crippen LogP contribution in [0, 0.1) is 5.92 Å². The summed E-state index contributed by atoms with van der Waals surface area (Å²) in [5, 5.41) is 3.72.